The molecular weight excluding hydrogens is 190 g/mol. The van der Waals surface area contributed by atoms with E-state index < -0.39 is 0 Å². The van der Waals surface area contributed by atoms with E-state index in [1.807, 2.05) is 16.9 Å². The Morgan fingerprint density at radius 2 is 2.47 bits per heavy atom. The lowest BCUT2D eigenvalue weighted by Crippen LogP contribution is -2.33. The highest BCUT2D eigenvalue weighted by Crippen LogP contribution is 2.17. The predicted octanol–water partition coefficient (Wildman–Crippen LogP) is 0.340. The van der Waals surface area contributed by atoms with Crippen LogP contribution in [0.4, 0.5) is 0 Å². The summed E-state index contributed by atoms with van der Waals surface area (Å²) in [5.41, 5.74) is 5.69. The van der Waals surface area contributed by atoms with Crippen LogP contribution in [0.2, 0.25) is 0 Å². The topological polar surface area (TPSA) is 68.2 Å². The molecule has 0 saturated heterocycles. The van der Waals surface area contributed by atoms with Crippen molar-refractivity contribution in [2.75, 3.05) is 6.54 Å². The number of rotatable bonds is 5. The average molecular weight is 207 g/mol. The number of aliphatic imine (C=N–C) groups is 1. The molecule has 1 heterocycles. The molecule has 1 aliphatic rings. The SMILES string of the molecule is NC(=NCCCn1cccn1)NC1CC1. The molecule has 1 fully saturated rings. The number of nitrogens with zero attached hydrogens (tertiary/aromatic N) is 3. The molecular formula is C10H17N5. The highest BCUT2D eigenvalue weighted by molar-refractivity contribution is 5.78. The van der Waals surface area contributed by atoms with Gasteiger partial charge in [-0.1, -0.05) is 0 Å². The van der Waals surface area contributed by atoms with Crippen molar-refractivity contribution in [2.45, 2.75) is 31.8 Å². The Bertz CT molecular complexity index is 313. The predicted molar refractivity (Wildman–Crippen MR) is 59.5 cm³/mol. The molecule has 0 radical (unpaired) electrons. The fourth-order valence-electron chi connectivity index (χ4n) is 1.35. The lowest BCUT2D eigenvalue weighted by atomic mass is 10.4. The van der Waals surface area contributed by atoms with E-state index in [1.54, 1.807) is 6.20 Å². The molecule has 0 atom stereocenters. The minimum atomic E-state index is 0.581. The van der Waals surface area contributed by atoms with Gasteiger partial charge in [0.05, 0.1) is 0 Å². The summed E-state index contributed by atoms with van der Waals surface area (Å²) in [6.07, 6.45) is 7.16. The summed E-state index contributed by atoms with van der Waals surface area (Å²) in [5, 5.41) is 7.27. The van der Waals surface area contributed by atoms with E-state index >= 15 is 0 Å². The lowest BCUT2D eigenvalue weighted by molar-refractivity contribution is 0.584. The zero-order chi connectivity index (χ0) is 10.5. The molecule has 5 nitrogen and oxygen atoms in total. The molecule has 3 N–H and O–H groups in total. The highest BCUT2D eigenvalue weighted by atomic mass is 15.3. The van der Waals surface area contributed by atoms with E-state index in [0.717, 1.165) is 19.5 Å². The molecule has 5 heteroatoms. The number of aromatic nitrogens is 2. The summed E-state index contributed by atoms with van der Waals surface area (Å²) in [5.74, 6) is 0.581. The van der Waals surface area contributed by atoms with Gasteiger partial charge in [-0.15, -0.1) is 0 Å². The molecule has 1 aromatic rings. The van der Waals surface area contributed by atoms with Gasteiger partial charge < -0.3 is 11.1 Å². The van der Waals surface area contributed by atoms with E-state index in [-0.39, 0.29) is 0 Å². The second-order valence-corrected chi connectivity index (χ2v) is 3.81. The molecule has 1 aromatic heterocycles. The Labute approximate surface area is 89.4 Å². The largest absolute Gasteiger partial charge is 0.370 e. The third-order valence-electron chi connectivity index (χ3n) is 2.32. The Kier molecular flexibility index (Phi) is 3.22. The quantitative estimate of drug-likeness (QED) is 0.415. The molecule has 0 unspecified atom stereocenters. The van der Waals surface area contributed by atoms with Gasteiger partial charge in [0.1, 0.15) is 0 Å². The summed E-state index contributed by atoms with van der Waals surface area (Å²) in [4.78, 5) is 4.25. The summed E-state index contributed by atoms with van der Waals surface area (Å²) in [7, 11) is 0. The number of hydrogen-bond donors (Lipinski definition) is 2. The molecule has 0 spiro atoms. The number of aryl methyl sites for hydroxylation is 1. The van der Waals surface area contributed by atoms with E-state index in [0.29, 0.717) is 12.0 Å². The van der Waals surface area contributed by atoms with Gasteiger partial charge in [0.25, 0.3) is 0 Å². The maximum absolute atomic E-state index is 5.69. The van der Waals surface area contributed by atoms with Crippen LogP contribution < -0.4 is 11.1 Å². The first kappa shape index (κ1) is 10.0. The van der Waals surface area contributed by atoms with Crippen LogP contribution in [-0.4, -0.2) is 28.3 Å². The monoisotopic (exact) mass is 207 g/mol. The van der Waals surface area contributed by atoms with Crippen molar-refractivity contribution >= 4 is 5.96 Å². The average Bonchev–Trinajstić information content (AvgIpc) is 2.87. The van der Waals surface area contributed by atoms with Gasteiger partial charge >= 0.3 is 0 Å². The number of nitrogens with one attached hydrogen (secondary N) is 1. The van der Waals surface area contributed by atoms with Gasteiger partial charge in [-0.2, -0.15) is 5.10 Å². The fraction of sp³-hybridized carbons (Fsp3) is 0.600. The molecule has 0 bridgehead atoms. The Morgan fingerprint density at radius 3 is 3.13 bits per heavy atom. The van der Waals surface area contributed by atoms with Crippen molar-refractivity contribution in [3.63, 3.8) is 0 Å². The standard InChI is InChI=1S/C10H17N5/c11-10(14-9-3-4-9)12-5-1-7-15-8-2-6-13-15/h2,6,8-9H,1,3-5,7H2,(H3,11,12,14). The van der Waals surface area contributed by atoms with Crippen molar-refractivity contribution in [2.24, 2.45) is 10.7 Å². The second-order valence-electron chi connectivity index (χ2n) is 3.81. The van der Waals surface area contributed by atoms with Crippen LogP contribution in [0.15, 0.2) is 23.5 Å². The van der Waals surface area contributed by atoms with Gasteiger partial charge in [0.15, 0.2) is 5.96 Å². The van der Waals surface area contributed by atoms with Crippen LogP contribution in [0.5, 0.6) is 0 Å². The summed E-state index contributed by atoms with van der Waals surface area (Å²) in [6.45, 7) is 1.65. The van der Waals surface area contributed by atoms with Crippen LogP contribution in [0.1, 0.15) is 19.3 Å². The van der Waals surface area contributed by atoms with Crippen LogP contribution >= 0.6 is 0 Å². The van der Waals surface area contributed by atoms with Gasteiger partial charge in [0, 0.05) is 31.5 Å². The summed E-state index contributed by atoms with van der Waals surface area (Å²) >= 11 is 0. The van der Waals surface area contributed by atoms with Gasteiger partial charge in [0.2, 0.25) is 0 Å². The maximum Gasteiger partial charge on any atom is 0.188 e. The summed E-state index contributed by atoms with van der Waals surface area (Å²) < 4.78 is 1.90. The third-order valence-corrected chi connectivity index (χ3v) is 2.32. The Balaban J connectivity index is 1.60. The molecule has 82 valence electrons. The maximum atomic E-state index is 5.69. The number of hydrogen-bond acceptors (Lipinski definition) is 2. The summed E-state index contributed by atoms with van der Waals surface area (Å²) in [6, 6.07) is 2.51. The van der Waals surface area contributed by atoms with Crippen molar-refractivity contribution in [3.8, 4) is 0 Å². The van der Waals surface area contributed by atoms with Gasteiger partial charge in [-0.25, -0.2) is 0 Å². The smallest absolute Gasteiger partial charge is 0.188 e. The lowest BCUT2D eigenvalue weighted by Gasteiger charge is -2.03. The minimum absolute atomic E-state index is 0.581. The van der Waals surface area contributed by atoms with Gasteiger partial charge in [-0.05, 0) is 25.3 Å². The zero-order valence-corrected chi connectivity index (χ0v) is 8.76. The van der Waals surface area contributed by atoms with Crippen LogP contribution in [0, 0.1) is 0 Å². The first-order valence-electron chi connectivity index (χ1n) is 5.38. The highest BCUT2D eigenvalue weighted by Gasteiger charge is 2.21. The van der Waals surface area contributed by atoms with E-state index in [2.05, 4.69) is 15.4 Å². The van der Waals surface area contributed by atoms with Crippen LogP contribution in [0.25, 0.3) is 0 Å². The van der Waals surface area contributed by atoms with E-state index in [4.69, 9.17) is 5.73 Å². The van der Waals surface area contributed by atoms with Crippen molar-refractivity contribution in [1.82, 2.24) is 15.1 Å². The van der Waals surface area contributed by atoms with Gasteiger partial charge in [-0.3, -0.25) is 9.67 Å². The third kappa shape index (κ3) is 3.61. The molecule has 1 saturated carbocycles. The molecule has 0 aromatic carbocycles. The Hall–Kier alpha value is -1.52. The molecule has 0 aliphatic heterocycles. The first-order chi connectivity index (χ1) is 7.34. The van der Waals surface area contributed by atoms with Crippen molar-refractivity contribution in [3.05, 3.63) is 18.5 Å². The van der Waals surface area contributed by atoms with E-state index in [9.17, 15) is 0 Å². The minimum Gasteiger partial charge on any atom is -0.370 e. The fourth-order valence-corrected chi connectivity index (χ4v) is 1.35. The second kappa shape index (κ2) is 4.82. The number of guanidine groups is 1. The molecule has 0 amide bonds. The zero-order valence-electron chi connectivity index (χ0n) is 8.76. The first-order valence-corrected chi connectivity index (χ1v) is 5.38. The Morgan fingerprint density at radius 1 is 1.60 bits per heavy atom. The van der Waals surface area contributed by atoms with Crippen molar-refractivity contribution in [1.29, 1.82) is 0 Å². The number of nitrogens with two attached hydrogens (primary N) is 1. The van der Waals surface area contributed by atoms with E-state index in [1.165, 1.54) is 12.8 Å². The van der Waals surface area contributed by atoms with Crippen LogP contribution in [-0.2, 0) is 6.54 Å². The van der Waals surface area contributed by atoms with Crippen molar-refractivity contribution < 1.29 is 0 Å². The molecule has 15 heavy (non-hydrogen) atoms. The molecule has 2 rings (SSSR count). The molecule has 1 aliphatic carbocycles. The normalized spacial score (nSPS) is 16.7. The van der Waals surface area contributed by atoms with Crippen LogP contribution in [0.3, 0.4) is 0 Å².